The van der Waals surface area contributed by atoms with Crippen molar-refractivity contribution in [3.8, 4) is 22.6 Å². The molecule has 0 aliphatic rings. The van der Waals surface area contributed by atoms with Crippen molar-refractivity contribution in [1.29, 1.82) is 0 Å². The van der Waals surface area contributed by atoms with Crippen molar-refractivity contribution in [1.82, 2.24) is 20.3 Å². The molecule has 1 aromatic carbocycles. The van der Waals surface area contributed by atoms with Gasteiger partial charge < -0.3 is 15.4 Å². The Morgan fingerprint density at radius 1 is 1.24 bits per heavy atom. The molecule has 0 saturated heterocycles. The van der Waals surface area contributed by atoms with Crippen molar-refractivity contribution >= 4 is 0 Å². The molecule has 1 unspecified atom stereocenters. The lowest BCUT2D eigenvalue weighted by Gasteiger charge is -2.10. The fraction of sp³-hybridized carbons (Fsp3) is 0.263. The van der Waals surface area contributed by atoms with Gasteiger partial charge >= 0.3 is 0 Å². The lowest BCUT2D eigenvalue weighted by molar-refractivity contribution is 0.268. The molecule has 3 N–H and O–H groups in total. The molecule has 2 aromatic heterocycles. The number of H-pyrrole nitrogens is 1. The minimum Gasteiger partial charge on any atom is -0.396 e. The zero-order valence-electron chi connectivity index (χ0n) is 14.0. The summed E-state index contributed by atoms with van der Waals surface area (Å²) in [4.78, 5) is 12.3. The van der Waals surface area contributed by atoms with Gasteiger partial charge in [-0.1, -0.05) is 18.2 Å². The molecule has 3 rings (SSSR count). The molecular weight excluding hydrogens is 319 g/mol. The van der Waals surface area contributed by atoms with Crippen molar-refractivity contribution in [3.05, 3.63) is 60.3 Å². The monoisotopic (exact) mass is 340 g/mol. The predicted molar refractivity (Wildman–Crippen MR) is 95.2 cm³/mol. The van der Waals surface area contributed by atoms with Crippen LogP contribution >= 0.6 is 0 Å². The van der Waals surface area contributed by atoms with Gasteiger partial charge in [-0.3, -0.25) is 4.98 Å². The maximum atomic E-state index is 13.6. The molecule has 0 spiro atoms. The Morgan fingerprint density at radius 3 is 2.84 bits per heavy atom. The second-order valence-electron chi connectivity index (χ2n) is 5.93. The van der Waals surface area contributed by atoms with Gasteiger partial charge in [0.05, 0.1) is 23.6 Å². The van der Waals surface area contributed by atoms with Gasteiger partial charge in [0.1, 0.15) is 11.6 Å². The van der Waals surface area contributed by atoms with E-state index >= 15 is 0 Å². The van der Waals surface area contributed by atoms with Gasteiger partial charge in [0.25, 0.3) is 0 Å². The molecule has 0 fully saturated rings. The van der Waals surface area contributed by atoms with Gasteiger partial charge in [-0.05, 0) is 37.6 Å². The van der Waals surface area contributed by atoms with Crippen molar-refractivity contribution in [2.75, 3.05) is 6.61 Å². The number of halogens is 1. The maximum Gasteiger partial charge on any atom is 0.123 e. The number of benzene rings is 1. The summed E-state index contributed by atoms with van der Waals surface area (Å²) in [5, 5.41) is 12.3. The van der Waals surface area contributed by atoms with Crippen LogP contribution in [0.2, 0.25) is 0 Å². The number of rotatable bonds is 7. The molecule has 0 radical (unpaired) electrons. The van der Waals surface area contributed by atoms with Crippen LogP contribution in [0.4, 0.5) is 4.39 Å². The van der Waals surface area contributed by atoms with Crippen LogP contribution in [0.25, 0.3) is 22.6 Å². The topological polar surface area (TPSA) is 73.8 Å². The predicted octanol–water partition coefficient (Wildman–Crippen LogP) is 3.14. The van der Waals surface area contributed by atoms with Crippen LogP contribution in [0, 0.1) is 5.82 Å². The van der Waals surface area contributed by atoms with Crippen molar-refractivity contribution in [3.63, 3.8) is 0 Å². The Bertz CT molecular complexity index is 819. The number of aromatic nitrogens is 3. The van der Waals surface area contributed by atoms with Crippen LogP contribution in [0.5, 0.6) is 0 Å². The molecule has 5 nitrogen and oxygen atoms in total. The fourth-order valence-electron chi connectivity index (χ4n) is 2.61. The van der Waals surface area contributed by atoms with E-state index in [1.807, 2.05) is 31.2 Å². The maximum absolute atomic E-state index is 13.6. The average molecular weight is 340 g/mol. The molecule has 0 amide bonds. The van der Waals surface area contributed by atoms with E-state index in [9.17, 15) is 4.39 Å². The quantitative estimate of drug-likeness (QED) is 0.618. The van der Waals surface area contributed by atoms with E-state index in [0.717, 1.165) is 17.2 Å². The van der Waals surface area contributed by atoms with Crippen molar-refractivity contribution in [2.45, 2.75) is 25.9 Å². The van der Waals surface area contributed by atoms with E-state index in [4.69, 9.17) is 5.11 Å². The number of nitrogens with one attached hydrogen (secondary N) is 2. The first-order valence-corrected chi connectivity index (χ1v) is 8.28. The normalized spacial score (nSPS) is 12.3. The first-order valence-electron chi connectivity index (χ1n) is 8.28. The first-order chi connectivity index (χ1) is 12.2. The number of nitrogens with zero attached hydrogens (tertiary/aromatic N) is 2. The summed E-state index contributed by atoms with van der Waals surface area (Å²) in [5.41, 5.74) is 2.89. The number of imidazole rings is 1. The van der Waals surface area contributed by atoms with Crippen LogP contribution in [-0.4, -0.2) is 32.7 Å². The van der Waals surface area contributed by atoms with Crippen LogP contribution in [0.1, 0.15) is 19.2 Å². The Morgan fingerprint density at radius 2 is 2.12 bits per heavy atom. The van der Waals surface area contributed by atoms with E-state index in [0.29, 0.717) is 24.2 Å². The van der Waals surface area contributed by atoms with Gasteiger partial charge in [-0.15, -0.1) is 0 Å². The zero-order chi connectivity index (χ0) is 17.6. The van der Waals surface area contributed by atoms with E-state index in [1.165, 1.54) is 12.1 Å². The lowest BCUT2D eigenvalue weighted by Crippen LogP contribution is -2.26. The highest BCUT2D eigenvalue weighted by atomic mass is 19.1. The highest BCUT2D eigenvalue weighted by molar-refractivity contribution is 5.76. The van der Waals surface area contributed by atoms with Gasteiger partial charge in [0.15, 0.2) is 0 Å². The summed E-state index contributed by atoms with van der Waals surface area (Å²) < 4.78 is 13.6. The number of aliphatic hydroxyl groups is 1. The van der Waals surface area contributed by atoms with Crippen LogP contribution < -0.4 is 5.32 Å². The minimum atomic E-state index is -0.302. The zero-order valence-corrected chi connectivity index (χ0v) is 14.0. The molecule has 0 aliphatic carbocycles. The number of aliphatic hydroxyl groups excluding tert-OH is 1. The van der Waals surface area contributed by atoms with Crippen molar-refractivity contribution < 1.29 is 9.50 Å². The highest BCUT2D eigenvalue weighted by Crippen LogP contribution is 2.29. The Hall–Kier alpha value is -2.57. The third-order valence-corrected chi connectivity index (χ3v) is 3.95. The van der Waals surface area contributed by atoms with E-state index in [1.54, 1.807) is 12.3 Å². The molecule has 3 aromatic rings. The smallest absolute Gasteiger partial charge is 0.123 e. The standard InChI is InChI=1S/C19H21FN4O/c1-13(8-10-25)22-12-17-23-18(14-5-4-6-15(20)11-14)19(24-17)16-7-2-3-9-21-16/h2-7,9,11,13,22,25H,8,10,12H2,1H3,(H,23,24). The molecule has 25 heavy (non-hydrogen) atoms. The van der Waals surface area contributed by atoms with Gasteiger partial charge in [0, 0.05) is 24.4 Å². The summed E-state index contributed by atoms with van der Waals surface area (Å²) in [7, 11) is 0. The molecule has 0 aliphatic heterocycles. The van der Waals surface area contributed by atoms with Crippen molar-refractivity contribution in [2.24, 2.45) is 0 Å². The number of hydrogen-bond acceptors (Lipinski definition) is 4. The SMILES string of the molecule is CC(CCO)NCc1nc(-c2cccc(F)c2)c(-c2ccccn2)[nH]1. The molecule has 130 valence electrons. The number of pyridine rings is 1. The van der Waals surface area contributed by atoms with Crippen LogP contribution in [-0.2, 0) is 6.54 Å². The largest absolute Gasteiger partial charge is 0.396 e. The molecule has 0 bridgehead atoms. The second kappa shape index (κ2) is 8.00. The highest BCUT2D eigenvalue weighted by Gasteiger charge is 2.15. The molecule has 6 heteroatoms. The second-order valence-corrected chi connectivity index (χ2v) is 5.93. The third-order valence-electron chi connectivity index (χ3n) is 3.95. The van der Waals surface area contributed by atoms with E-state index in [2.05, 4.69) is 20.3 Å². The average Bonchev–Trinajstić information content (AvgIpc) is 3.05. The Labute approximate surface area is 146 Å². The molecule has 1 atom stereocenters. The minimum absolute atomic E-state index is 0.139. The molecule has 0 saturated carbocycles. The van der Waals surface area contributed by atoms with Gasteiger partial charge in [-0.25, -0.2) is 9.37 Å². The third kappa shape index (κ3) is 4.29. The summed E-state index contributed by atoms with van der Waals surface area (Å²) in [6.07, 6.45) is 2.39. The summed E-state index contributed by atoms with van der Waals surface area (Å²) >= 11 is 0. The van der Waals surface area contributed by atoms with Crippen LogP contribution in [0.3, 0.4) is 0 Å². The molecule has 2 heterocycles. The number of aromatic amines is 1. The van der Waals surface area contributed by atoms with Gasteiger partial charge in [0.2, 0.25) is 0 Å². The lowest BCUT2D eigenvalue weighted by atomic mass is 10.1. The summed E-state index contributed by atoms with van der Waals surface area (Å²) in [6.45, 7) is 2.67. The van der Waals surface area contributed by atoms with Gasteiger partial charge in [-0.2, -0.15) is 0 Å². The number of hydrogen-bond donors (Lipinski definition) is 3. The summed E-state index contributed by atoms with van der Waals surface area (Å²) in [6, 6.07) is 12.2. The summed E-state index contributed by atoms with van der Waals surface area (Å²) in [5.74, 6) is 0.438. The van der Waals surface area contributed by atoms with Crippen LogP contribution in [0.15, 0.2) is 48.7 Å². The fourth-order valence-corrected chi connectivity index (χ4v) is 2.61. The molecular formula is C19H21FN4O. The first kappa shape index (κ1) is 17.3. The van der Waals surface area contributed by atoms with E-state index in [-0.39, 0.29) is 18.5 Å². The Kier molecular flexibility index (Phi) is 5.53. The van der Waals surface area contributed by atoms with E-state index < -0.39 is 0 Å². The Balaban J connectivity index is 1.94.